The van der Waals surface area contributed by atoms with Gasteiger partial charge in [-0.05, 0) is 141 Å². The normalized spacial score (nSPS) is 16.9. The second kappa shape index (κ2) is 14.4. The van der Waals surface area contributed by atoms with Gasteiger partial charge in [0.15, 0.2) is 0 Å². The van der Waals surface area contributed by atoms with Crippen LogP contribution in [0.15, 0.2) is 65.8 Å². The predicted molar refractivity (Wildman–Crippen MR) is 178 cm³/mol. The van der Waals surface area contributed by atoms with E-state index in [-0.39, 0.29) is 11.8 Å². The van der Waals surface area contributed by atoms with Crippen molar-refractivity contribution in [2.45, 2.75) is 58.5 Å². The maximum atomic E-state index is 13.3. The number of piperidine rings is 2. The van der Waals surface area contributed by atoms with Gasteiger partial charge in [-0.3, -0.25) is 14.5 Å². The van der Waals surface area contributed by atoms with E-state index >= 15 is 0 Å². The molecule has 8 heteroatoms. The van der Waals surface area contributed by atoms with E-state index in [9.17, 15) is 9.59 Å². The van der Waals surface area contributed by atoms with Crippen molar-refractivity contribution in [3.05, 3.63) is 97.6 Å². The molecule has 7 nitrogen and oxygen atoms in total. The fraction of sp³-hybridized carbons (Fsp3) is 0.382. The number of nitrogens with zero attached hydrogens (tertiary/aromatic N) is 3. The number of nitrogens with one attached hydrogen (secondary N) is 2. The number of rotatable bonds is 8. The van der Waals surface area contributed by atoms with Crippen LogP contribution in [0.3, 0.4) is 0 Å². The Morgan fingerprint density at radius 1 is 0.905 bits per heavy atom. The maximum Gasteiger partial charge on any atom is 0.273 e. The summed E-state index contributed by atoms with van der Waals surface area (Å²) in [4.78, 5) is 31.6. The van der Waals surface area contributed by atoms with Gasteiger partial charge in [0.25, 0.3) is 11.8 Å². The zero-order chi connectivity index (χ0) is 29.5. The number of carbonyl (C=O) groups excluding carboxylic acids is 2. The first-order valence-electron chi connectivity index (χ1n) is 14.9. The van der Waals surface area contributed by atoms with Gasteiger partial charge in [0.1, 0.15) is 0 Å². The maximum absolute atomic E-state index is 13.3. The molecule has 5 rings (SSSR count). The monoisotopic (exact) mass is 677 g/mol. The highest BCUT2D eigenvalue weighted by molar-refractivity contribution is 14.1. The van der Waals surface area contributed by atoms with Crippen molar-refractivity contribution in [1.82, 2.24) is 15.2 Å². The Labute approximate surface area is 262 Å². The van der Waals surface area contributed by atoms with Crippen molar-refractivity contribution in [2.75, 3.05) is 31.5 Å². The summed E-state index contributed by atoms with van der Waals surface area (Å²) in [7, 11) is 0. The van der Waals surface area contributed by atoms with E-state index in [0.29, 0.717) is 16.8 Å². The lowest BCUT2D eigenvalue weighted by atomic mass is 9.99. The van der Waals surface area contributed by atoms with Crippen LogP contribution in [-0.4, -0.2) is 60.0 Å². The van der Waals surface area contributed by atoms with Gasteiger partial charge < -0.3 is 10.2 Å². The van der Waals surface area contributed by atoms with Crippen LogP contribution in [0.2, 0.25) is 0 Å². The highest BCUT2D eigenvalue weighted by Gasteiger charge is 2.25. The molecule has 42 heavy (non-hydrogen) atoms. The highest BCUT2D eigenvalue weighted by atomic mass is 127. The van der Waals surface area contributed by atoms with Crippen molar-refractivity contribution in [1.29, 1.82) is 0 Å². The van der Waals surface area contributed by atoms with Crippen molar-refractivity contribution < 1.29 is 9.59 Å². The summed E-state index contributed by atoms with van der Waals surface area (Å²) in [6.45, 7) is 9.62. The molecule has 2 saturated heterocycles. The summed E-state index contributed by atoms with van der Waals surface area (Å²) in [6, 6.07) is 19.9. The first kappa shape index (κ1) is 30.4. The van der Waals surface area contributed by atoms with E-state index in [1.165, 1.54) is 50.8 Å². The molecule has 220 valence electrons. The molecule has 3 aromatic rings. The summed E-state index contributed by atoms with van der Waals surface area (Å²) in [5, 5.41) is 7.10. The number of hydrazone groups is 1. The molecule has 2 aliphatic rings. The number of likely N-dealkylation sites (tertiary alicyclic amines) is 2. The SMILES string of the molecule is Cc1ccc(/C=N/NC(=O)c2cc(I)ccc2NC(=O)c2cccc(CN3CCC(N4CCCCC4)CC3)c2)cc1C. The minimum absolute atomic E-state index is 0.241. The summed E-state index contributed by atoms with van der Waals surface area (Å²) in [5.74, 6) is -0.625. The van der Waals surface area contributed by atoms with E-state index in [1.54, 1.807) is 18.3 Å². The van der Waals surface area contributed by atoms with E-state index in [1.807, 2.05) is 49.4 Å². The lowest BCUT2D eigenvalue weighted by Gasteiger charge is -2.40. The summed E-state index contributed by atoms with van der Waals surface area (Å²) in [6.07, 6.45) is 8.10. The fourth-order valence-electron chi connectivity index (χ4n) is 5.87. The third-order valence-corrected chi connectivity index (χ3v) is 9.12. The fourth-order valence-corrected chi connectivity index (χ4v) is 6.36. The first-order chi connectivity index (χ1) is 20.4. The Hall–Kier alpha value is -3.08. The van der Waals surface area contributed by atoms with Crippen LogP contribution in [0, 0.1) is 17.4 Å². The van der Waals surface area contributed by atoms with Gasteiger partial charge in [-0.2, -0.15) is 5.10 Å². The number of carbonyl (C=O) groups is 2. The lowest BCUT2D eigenvalue weighted by Crippen LogP contribution is -2.46. The van der Waals surface area contributed by atoms with E-state index < -0.39 is 0 Å². The van der Waals surface area contributed by atoms with Gasteiger partial charge >= 0.3 is 0 Å². The van der Waals surface area contributed by atoms with Crippen molar-refractivity contribution >= 4 is 46.3 Å². The molecule has 0 aromatic heterocycles. The van der Waals surface area contributed by atoms with Gasteiger partial charge in [-0.1, -0.05) is 36.8 Å². The third kappa shape index (κ3) is 8.05. The first-order valence-corrected chi connectivity index (χ1v) is 16.0. The Balaban J connectivity index is 1.19. The second-order valence-corrected chi connectivity index (χ2v) is 12.7. The molecule has 2 fully saturated rings. The van der Waals surface area contributed by atoms with Crippen molar-refractivity contribution in [3.8, 4) is 0 Å². The Bertz CT molecular complexity index is 1440. The standard InChI is InChI=1S/C34H40IN5O2/c1-24-9-10-26(19-25(24)2)22-36-38-34(42)31-21-29(35)11-12-32(31)37-33(41)28-8-6-7-27(20-28)23-39-17-13-30(14-18-39)40-15-4-3-5-16-40/h6-12,19-22,30H,3-5,13-18,23H2,1-2H3,(H,37,41)(H,38,42)/b36-22+. The lowest BCUT2D eigenvalue weighted by molar-refractivity contribution is 0.0896. The van der Waals surface area contributed by atoms with Crippen molar-refractivity contribution in [2.24, 2.45) is 5.10 Å². The number of halogens is 1. The van der Waals surface area contributed by atoms with Gasteiger partial charge in [-0.25, -0.2) is 5.43 Å². The van der Waals surface area contributed by atoms with Crippen LogP contribution in [0.1, 0.15) is 75.1 Å². The third-order valence-electron chi connectivity index (χ3n) is 8.44. The number of amides is 2. The number of hydrogen-bond donors (Lipinski definition) is 2. The van der Waals surface area contributed by atoms with Crippen LogP contribution >= 0.6 is 22.6 Å². The van der Waals surface area contributed by atoms with Crippen molar-refractivity contribution in [3.63, 3.8) is 0 Å². The molecule has 3 aromatic carbocycles. The molecule has 0 spiro atoms. The Morgan fingerprint density at radius 2 is 1.69 bits per heavy atom. The van der Waals surface area contributed by atoms with E-state index in [2.05, 4.69) is 61.2 Å². The van der Waals surface area contributed by atoms with Gasteiger partial charge in [-0.15, -0.1) is 0 Å². The quantitative estimate of drug-likeness (QED) is 0.165. The van der Waals surface area contributed by atoms with Crippen LogP contribution in [0.4, 0.5) is 5.69 Å². The second-order valence-electron chi connectivity index (χ2n) is 11.5. The van der Waals surface area contributed by atoms with E-state index in [4.69, 9.17) is 0 Å². The molecule has 2 heterocycles. The largest absolute Gasteiger partial charge is 0.321 e. The zero-order valence-electron chi connectivity index (χ0n) is 24.5. The average Bonchev–Trinajstić information content (AvgIpc) is 3.00. The van der Waals surface area contributed by atoms with E-state index in [0.717, 1.165) is 45.9 Å². The predicted octanol–water partition coefficient (Wildman–Crippen LogP) is 6.37. The summed E-state index contributed by atoms with van der Waals surface area (Å²) in [5.41, 5.74) is 8.39. The van der Waals surface area contributed by atoms with Gasteiger partial charge in [0.05, 0.1) is 17.5 Å². The van der Waals surface area contributed by atoms with Crippen LogP contribution in [-0.2, 0) is 6.54 Å². The molecule has 2 N–H and O–H groups in total. The van der Waals surface area contributed by atoms with Crippen LogP contribution in [0.5, 0.6) is 0 Å². The molecule has 0 atom stereocenters. The molecule has 2 aliphatic heterocycles. The molecular weight excluding hydrogens is 637 g/mol. The number of benzene rings is 3. The average molecular weight is 678 g/mol. The Morgan fingerprint density at radius 3 is 2.45 bits per heavy atom. The number of aryl methyl sites for hydroxylation is 2. The molecule has 0 unspecified atom stereocenters. The van der Waals surface area contributed by atoms with Crippen LogP contribution < -0.4 is 10.7 Å². The molecular formula is C34H40IN5O2. The number of hydrogen-bond acceptors (Lipinski definition) is 5. The molecule has 0 aliphatic carbocycles. The Kier molecular flexibility index (Phi) is 10.4. The summed E-state index contributed by atoms with van der Waals surface area (Å²) < 4.78 is 0.889. The topological polar surface area (TPSA) is 77.0 Å². The molecule has 0 saturated carbocycles. The number of anilines is 1. The van der Waals surface area contributed by atoms with Gasteiger partial charge in [0, 0.05) is 21.7 Å². The molecule has 0 radical (unpaired) electrons. The minimum atomic E-state index is -0.384. The molecule has 0 bridgehead atoms. The smallest absolute Gasteiger partial charge is 0.273 e. The summed E-state index contributed by atoms with van der Waals surface area (Å²) >= 11 is 2.16. The highest BCUT2D eigenvalue weighted by Crippen LogP contribution is 2.23. The minimum Gasteiger partial charge on any atom is -0.321 e. The molecule has 2 amide bonds. The zero-order valence-corrected chi connectivity index (χ0v) is 26.7. The van der Waals surface area contributed by atoms with Gasteiger partial charge in [0.2, 0.25) is 0 Å². The van der Waals surface area contributed by atoms with Crippen LogP contribution in [0.25, 0.3) is 0 Å².